The van der Waals surface area contributed by atoms with Crippen LogP contribution in [0.1, 0.15) is 68.5 Å². The van der Waals surface area contributed by atoms with Gasteiger partial charge in [-0.1, -0.05) is 0 Å². The number of anilines is 1. The molecule has 7 rings (SSSR count). The molecule has 0 spiro atoms. The van der Waals surface area contributed by atoms with Crippen molar-refractivity contribution in [2.24, 2.45) is 0 Å². The molecule has 1 amide bonds. The number of carbonyl (C=O) groups is 1. The predicted octanol–water partition coefficient (Wildman–Crippen LogP) is 3.83. The fourth-order valence-electron chi connectivity index (χ4n) is 5.43. The van der Waals surface area contributed by atoms with E-state index >= 15 is 4.39 Å². The molecule has 4 aliphatic rings. The van der Waals surface area contributed by atoms with E-state index in [9.17, 15) is 9.59 Å². The van der Waals surface area contributed by atoms with Crippen molar-refractivity contribution in [3.63, 3.8) is 0 Å². The molecule has 8 nitrogen and oxygen atoms in total. The van der Waals surface area contributed by atoms with Crippen molar-refractivity contribution < 1.29 is 18.7 Å². The minimum Gasteiger partial charge on any atom is -0.487 e. The Balaban J connectivity index is 1.40. The summed E-state index contributed by atoms with van der Waals surface area (Å²) in [6, 6.07) is 3.45. The van der Waals surface area contributed by atoms with Crippen LogP contribution in [0.15, 0.2) is 35.5 Å². The lowest BCUT2D eigenvalue weighted by Crippen LogP contribution is -2.45. The third-order valence-corrected chi connectivity index (χ3v) is 7.07. The van der Waals surface area contributed by atoms with Gasteiger partial charge in [-0.15, -0.1) is 0 Å². The summed E-state index contributed by atoms with van der Waals surface area (Å²) >= 11 is 0. The zero-order chi connectivity index (χ0) is 23.8. The average molecular weight is 467 g/mol. The number of aromatic nitrogens is 3. The van der Waals surface area contributed by atoms with Gasteiger partial charge in [0.15, 0.2) is 11.4 Å². The largest absolute Gasteiger partial charge is 0.487 e. The molecule has 0 atom stereocenters. The topological polar surface area (TPSA) is 86.9 Å². The van der Waals surface area contributed by atoms with E-state index in [0.717, 1.165) is 31.4 Å². The highest BCUT2D eigenvalue weighted by atomic mass is 19.1. The normalized spacial score (nSPS) is 25.6. The number of hydrogen-bond acceptors (Lipinski definition) is 5. The Kier molecular flexibility index (Phi) is 4.49. The highest BCUT2D eigenvalue weighted by Crippen LogP contribution is 2.58. The SMILES string of the molecule is CC(C)Oc1c(C(=O)Nc2cccn(C3CC3)c2=O)cn2cc(C34COC(C)(C3)C4)nc2c1F. The fourth-order valence-corrected chi connectivity index (χ4v) is 5.43. The van der Waals surface area contributed by atoms with Gasteiger partial charge < -0.3 is 23.8 Å². The molecule has 0 aromatic carbocycles. The maximum absolute atomic E-state index is 15.7. The predicted molar refractivity (Wildman–Crippen MR) is 123 cm³/mol. The van der Waals surface area contributed by atoms with E-state index in [0.29, 0.717) is 6.61 Å². The summed E-state index contributed by atoms with van der Waals surface area (Å²) in [4.78, 5) is 30.7. The molecule has 2 aliphatic carbocycles. The van der Waals surface area contributed by atoms with Crippen LogP contribution in [-0.4, -0.2) is 38.2 Å². The number of ether oxygens (including phenoxy) is 2. The number of carbonyl (C=O) groups excluding carboxylic acids is 1. The summed E-state index contributed by atoms with van der Waals surface area (Å²) in [7, 11) is 0. The Morgan fingerprint density at radius 1 is 1.32 bits per heavy atom. The molecule has 9 heteroatoms. The molecule has 2 bridgehead atoms. The van der Waals surface area contributed by atoms with Gasteiger partial charge in [0.1, 0.15) is 11.3 Å². The van der Waals surface area contributed by atoms with Crippen LogP contribution >= 0.6 is 0 Å². The van der Waals surface area contributed by atoms with E-state index in [1.165, 1.54) is 10.6 Å². The number of nitrogens with zero attached hydrogens (tertiary/aromatic N) is 3. The lowest BCUT2D eigenvalue weighted by atomic mass is 9.62. The Bertz CT molecular complexity index is 1380. The molecule has 34 heavy (non-hydrogen) atoms. The van der Waals surface area contributed by atoms with Crippen molar-refractivity contribution in [2.45, 2.75) is 69.6 Å². The molecular formula is C25H27FN4O4. The highest BCUT2D eigenvalue weighted by Gasteiger charge is 2.61. The first-order valence-corrected chi connectivity index (χ1v) is 11.7. The minimum absolute atomic E-state index is 0.00231. The number of imidazole rings is 1. The zero-order valence-corrected chi connectivity index (χ0v) is 19.4. The van der Waals surface area contributed by atoms with Crippen molar-refractivity contribution in [2.75, 3.05) is 11.9 Å². The summed E-state index contributed by atoms with van der Waals surface area (Å²) in [5.41, 5.74) is 0.392. The Hall–Kier alpha value is -3.20. The number of halogens is 1. The van der Waals surface area contributed by atoms with Crippen molar-refractivity contribution >= 4 is 17.2 Å². The van der Waals surface area contributed by atoms with Crippen LogP contribution in [0.3, 0.4) is 0 Å². The van der Waals surface area contributed by atoms with Crippen LogP contribution < -0.4 is 15.6 Å². The molecule has 3 aromatic heterocycles. The number of rotatable bonds is 6. The summed E-state index contributed by atoms with van der Waals surface area (Å²) in [6.45, 7) is 6.15. The van der Waals surface area contributed by atoms with Gasteiger partial charge in [-0.25, -0.2) is 4.98 Å². The third kappa shape index (κ3) is 3.25. The first kappa shape index (κ1) is 21.3. The van der Waals surface area contributed by atoms with Gasteiger partial charge >= 0.3 is 0 Å². The summed E-state index contributed by atoms with van der Waals surface area (Å²) in [6.07, 6.45) is 8.22. The maximum atomic E-state index is 15.7. The van der Waals surface area contributed by atoms with Crippen LogP contribution in [0, 0.1) is 5.82 Å². The van der Waals surface area contributed by atoms with Crippen molar-refractivity contribution in [1.82, 2.24) is 14.0 Å². The number of nitrogens with one attached hydrogen (secondary N) is 1. The summed E-state index contributed by atoms with van der Waals surface area (Å²) in [5, 5.41) is 2.66. The molecule has 4 fully saturated rings. The van der Waals surface area contributed by atoms with Gasteiger partial charge in [0.2, 0.25) is 5.82 Å². The van der Waals surface area contributed by atoms with Gasteiger partial charge in [-0.3, -0.25) is 9.59 Å². The van der Waals surface area contributed by atoms with E-state index < -0.39 is 11.7 Å². The third-order valence-electron chi connectivity index (χ3n) is 7.07. The number of pyridine rings is 2. The van der Waals surface area contributed by atoms with Gasteiger partial charge in [-0.2, -0.15) is 4.39 Å². The van der Waals surface area contributed by atoms with E-state index in [2.05, 4.69) is 17.2 Å². The van der Waals surface area contributed by atoms with Crippen molar-refractivity contribution in [3.8, 4) is 5.75 Å². The van der Waals surface area contributed by atoms with Crippen LogP contribution in [0.25, 0.3) is 5.65 Å². The van der Waals surface area contributed by atoms with Crippen molar-refractivity contribution in [3.05, 3.63) is 58.2 Å². The van der Waals surface area contributed by atoms with E-state index in [-0.39, 0.29) is 51.4 Å². The molecular weight excluding hydrogens is 439 g/mol. The van der Waals surface area contributed by atoms with Gasteiger partial charge in [0.05, 0.1) is 24.0 Å². The molecule has 0 radical (unpaired) electrons. The second-order valence-electron chi connectivity index (χ2n) is 10.4. The first-order chi connectivity index (χ1) is 16.2. The highest BCUT2D eigenvalue weighted by molar-refractivity contribution is 6.06. The lowest BCUT2D eigenvalue weighted by Gasteiger charge is -2.41. The molecule has 2 saturated heterocycles. The molecule has 0 unspecified atom stereocenters. The lowest BCUT2D eigenvalue weighted by molar-refractivity contribution is 0.0154. The van der Waals surface area contributed by atoms with Crippen LogP contribution in [0.5, 0.6) is 5.75 Å². The fraction of sp³-hybridized carbons (Fsp3) is 0.480. The quantitative estimate of drug-likeness (QED) is 0.597. The minimum atomic E-state index is -0.701. The molecule has 2 aliphatic heterocycles. The van der Waals surface area contributed by atoms with Crippen molar-refractivity contribution in [1.29, 1.82) is 0 Å². The second-order valence-corrected chi connectivity index (χ2v) is 10.4. The number of amides is 1. The average Bonchev–Trinajstić information content (AvgIpc) is 3.28. The summed E-state index contributed by atoms with van der Waals surface area (Å²) in [5.74, 6) is -1.49. The number of hydrogen-bond donors (Lipinski definition) is 1. The van der Waals surface area contributed by atoms with Gasteiger partial charge in [0.25, 0.3) is 11.5 Å². The Labute approximate surface area is 195 Å². The molecule has 1 N–H and O–H groups in total. The first-order valence-electron chi connectivity index (χ1n) is 11.7. The van der Waals surface area contributed by atoms with Crippen LogP contribution in [0.4, 0.5) is 10.1 Å². The van der Waals surface area contributed by atoms with E-state index in [1.807, 2.05) is 0 Å². The smallest absolute Gasteiger partial charge is 0.274 e. The molecule has 178 valence electrons. The molecule has 3 aromatic rings. The van der Waals surface area contributed by atoms with Crippen LogP contribution in [0.2, 0.25) is 0 Å². The standard InChI is InChI=1S/C25H27FN4O4/c1-14(2)34-20-16(22(31)27-17-5-4-8-30(23(17)32)15-6-7-15)9-29-10-18(28-21(29)19(20)26)25-11-24(3,12-25)33-13-25/h4-5,8-10,14-15H,6-7,11-13H2,1-3H3,(H,27,31). The van der Waals surface area contributed by atoms with Gasteiger partial charge in [-0.05, 0) is 58.6 Å². The van der Waals surface area contributed by atoms with Crippen LogP contribution in [-0.2, 0) is 10.2 Å². The number of fused-ring (bicyclic) bond motifs is 2. The Morgan fingerprint density at radius 3 is 2.74 bits per heavy atom. The second kappa shape index (κ2) is 7.15. The van der Waals surface area contributed by atoms with Gasteiger partial charge in [0, 0.05) is 30.0 Å². The summed E-state index contributed by atoms with van der Waals surface area (Å²) < 4.78 is 30.4. The van der Waals surface area contributed by atoms with E-state index in [4.69, 9.17) is 9.47 Å². The molecule has 2 saturated carbocycles. The monoisotopic (exact) mass is 466 g/mol. The maximum Gasteiger partial charge on any atom is 0.274 e. The van der Waals surface area contributed by atoms with E-state index in [1.54, 1.807) is 42.9 Å². The Morgan fingerprint density at radius 2 is 2.09 bits per heavy atom. The zero-order valence-electron chi connectivity index (χ0n) is 19.4. The molecule has 5 heterocycles.